The van der Waals surface area contributed by atoms with Crippen LogP contribution in [0.1, 0.15) is 17.1 Å². The predicted molar refractivity (Wildman–Crippen MR) is 82.2 cm³/mol. The van der Waals surface area contributed by atoms with E-state index in [1.807, 2.05) is 0 Å². The van der Waals surface area contributed by atoms with Crippen LogP contribution in [0.3, 0.4) is 0 Å². The third kappa shape index (κ3) is 4.25. The Labute approximate surface area is 178 Å². The van der Waals surface area contributed by atoms with Crippen LogP contribution in [0.4, 0.5) is 39.5 Å². The number of hydrogen-bond donors (Lipinski definition) is 0. The zero-order chi connectivity index (χ0) is 23.4. The van der Waals surface area contributed by atoms with Crippen LogP contribution in [0, 0.1) is 0 Å². The molecular formula is C13H6Cl2F9MnN6. The molecule has 6 nitrogen and oxygen atoms in total. The van der Waals surface area contributed by atoms with Gasteiger partial charge in [-0.2, -0.15) is 0 Å². The molecule has 0 unspecified atom stereocenters. The van der Waals surface area contributed by atoms with Crippen LogP contribution >= 0.6 is 20.2 Å². The summed E-state index contributed by atoms with van der Waals surface area (Å²) in [4.78, 5) is 0. The average molecular weight is 543 g/mol. The average Bonchev–Trinajstić information content (AvgIpc) is 3.35. The molecule has 0 saturated carbocycles. The minimum atomic E-state index is -4.98. The van der Waals surface area contributed by atoms with Crippen LogP contribution in [0.25, 0.3) is 0 Å². The summed E-state index contributed by atoms with van der Waals surface area (Å²) in [6.45, 7) is 0. The van der Waals surface area contributed by atoms with Gasteiger partial charge in [-0.15, -0.1) is 0 Å². The number of alkyl halides is 9. The molecule has 3 aromatic heterocycles. The summed E-state index contributed by atoms with van der Waals surface area (Å²) in [6, 6.07) is 1.32. The van der Waals surface area contributed by atoms with Gasteiger partial charge in [0.15, 0.2) is 0 Å². The normalized spacial score (nSPS) is 14.2. The van der Waals surface area contributed by atoms with Crippen molar-refractivity contribution in [2.75, 3.05) is 0 Å². The summed E-state index contributed by atoms with van der Waals surface area (Å²) in [5, 5.41) is 9.71. The van der Waals surface area contributed by atoms with Crippen LogP contribution in [-0.4, -0.2) is 29.3 Å². The van der Waals surface area contributed by atoms with Gasteiger partial charge in [0.05, 0.1) is 0 Å². The third-order valence-electron chi connectivity index (χ3n) is 3.70. The number of nitrogens with zero attached hydrogens (tertiary/aromatic N) is 6. The predicted octanol–water partition coefficient (Wildman–Crippen LogP) is 4.92. The standard InChI is InChI=1S/C13H6F9N6.2ClH.Mn/c14-11(15,16)7-1-4-26(23-7)10(27-5-2-8(24-27)12(17,18)19)28-6-3-9(25-28)13(20,21)22;;;/h1-6H;2*1H;/q;;;+2/p-2. The van der Waals surface area contributed by atoms with Gasteiger partial charge in [0.2, 0.25) is 0 Å². The van der Waals surface area contributed by atoms with Gasteiger partial charge in [-0.25, -0.2) is 0 Å². The topological polar surface area (TPSA) is 53.5 Å². The molecule has 0 saturated heterocycles. The second-order valence-corrected chi connectivity index (χ2v) is 10.0. The molecule has 3 aromatic rings. The third-order valence-corrected chi connectivity index (χ3v) is 6.70. The van der Waals surface area contributed by atoms with Crippen molar-refractivity contribution in [2.45, 2.75) is 23.2 Å². The van der Waals surface area contributed by atoms with Gasteiger partial charge in [0.25, 0.3) is 0 Å². The number of aromatic nitrogens is 6. The minimum absolute atomic E-state index is 0.367. The molecule has 0 fully saturated rings. The van der Waals surface area contributed by atoms with Crippen LogP contribution in [0.15, 0.2) is 36.8 Å². The van der Waals surface area contributed by atoms with E-state index in [0.29, 0.717) is 50.8 Å². The van der Waals surface area contributed by atoms with Gasteiger partial charge < -0.3 is 0 Å². The summed E-state index contributed by atoms with van der Waals surface area (Å²) in [5.74, 6) is 0. The van der Waals surface area contributed by atoms with Gasteiger partial charge in [0, 0.05) is 0 Å². The Balaban J connectivity index is 2.32. The molecule has 0 radical (unpaired) electrons. The van der Waals surface area contributed by atoms with Gasteiger partial charge in [-0.1, -0.05) is 0 Å². The number of rotatable bonds is 4. The molecule has 172 valence electrons. The first-order valence-corrected chi connectivity index (χ1v) is 11.3. The molecule has 0 aromatic carbocycles. The molecule has 0 atom stereocenters. The van der Waals surface area contributed by atoms with Crippen molar-refractivity contribution >= 4 is 20.2 Å². The van der Waals surface area contributed by atoms with E-state index in [-0.39, 0.29) is 0 Å². The number of hydrogen-bond acceptors (Lipinski definition) is 3. The quantitative estimate of drug-likeness (QED) is 0.347. The van der Waals surface area contributed by atoms with E-state index in [9.17, 15) is 39.5 Å². The van der Waals surface area contributed by atoms with E-state index in [2.05, 4.69) is 15.3 Å². The zero-order valence-corrected chi connectivity index (χ0v) is 16.9. The summed E-state index contributed by atoms with van der Waals surface area (Å²) in [7, 11) is 12.0. The van der Waals surface area contributed by atoms with Crippen molar-refractivity contribution in [3.8, 4) is 0 Å². The van der Waals surface area contributed by atoms with Crippen LogP contribution in [0.2, 0.25) is 0 Å². The van der Waals surface area contributed by atoms with Crippen LogP contribution in [0.5, 0.6) is 0 Å². The second kappa shape index (κ2) is 7.60. The van der Waals surface area contributed by atoms with Crippen molar-refractivity contribution in [3.05, 3.63) is 53.9 Å². The van der Waals surface area contributed by atoms with E-state index in [4.69, 9.17) is 20.2 Å². The first-order chi connectivity index (χ1) is 14.1. The van der Waals surface area contributed by atoms with Crippen molar-refractivity contribution in [2.24, 2.45) is 0 Å². The first-order valence-electron chi connectivity index (χ1n) is 7.51. The molecule has 0 amide bonds. The van der Waals surface area contributed by atoms with Gasteiger partial charge in [0.1, 0.15) is 0 Å². The Morgan fingerprint density at radius 1 is 0.581 bits per heavy atom. The fraction of sp³-hybridized carbons (Fsp3) is 0.308. The van der Waals surface area contributed by atoms with Crippen molar-refractivity contribution in [1.82, 2.24) is 29.3 Å². The molecule has 0 N–H and O–H groups in total. The summed E-state index contributed by atoms with van der Waals surface area (Å²) >= 11 is -3.27. The number of halogens is 11. The van der Waals surface area contributed by atoms with Crippen molar-refractivity contribution < 1.29 is 51.6 Å². The molecule has 3 heterocycles. The van der Waals surface area contributed by atoms with Crippen molar-refractivity contribution in [3.63, 3.8) is 0 Å². The van der Waals surface area contributed by atoms with Crippen LogP contribution in [-0.2, 0) is 35.3 Å². The van der Waals surface area contributed by atoms with E-state index in [1.165, 1.54) is 0 Å². The van der Waals surface area contributed by atoms with Crippen molar-refractivity contribution in [1.29, 1.82) is 0 Å². The fourth-order valence-electron chi connectivity index (χ4n) is 2.41. The molecular weight excluding hydrogens is 537 g/mol. The van der Waals surface area contributed by atoms with E-state index in [1.54, 1.807) is 0 Å². The SMILES string of the molecule is FC(F)(F)c1ccn([C](n2ccc(C(F)(F)F)n2)(n2ccc(C(F)(F)F)n2)[Mn]([Cl])[Cl])n1. The van der Waals surface area contributed by atoms with E-state index < -0.39 is 52.4 Å². The van der Waals surface area contributed by atoms with Gasteiger partial charge in [-0.3, -0.25) is 0 Å². The molecule has 0 bridgehead atoms. The summed E-state index contributed by atoms with van der Waals surface area (Å²) < 4.78 is 116. The maximum absolute atomic E-state index is 13.0. The zero-order valence-electron chi connectivity index (χ0n) is 14.2. The Hall–Kier alpha value is -1.90. The molecule has 18 heteroatoms. The van der Waals surface area contributed by atoms with Gasteiger partial charge in [-0.05, 0) is 0 Å². The summed E-state index contributed by atoms with van der Waals surface area (Å²) in [5.41, 5.74) is -4.50. The molecule has 0 aliphatic carbocycles. The molecule has 31 heavy (non-hydrogen) atoms. The Morgan fingerprint density at radius 3 is 1.00 bits per heavy atom. The molecule has 0 aliphatic rings. The summed E-state index contributed by atoms with van der Waals surface area (Å²) in [6.07, 6.45) is -13.0. The second-order valence-electron chi connectivity index (χ2n) is 5.68. The molecule has 0 spiro atoms. The van der Waals surface area contributed by atoms with Crippen LogP contribution < -0.4 is 0 Å². The Kier molecular flexibility index (Phi) is 5.83. The van der Waals surface area contributed by atoms with Gasteiger partial charge >= 0.3 is 178 Å². The van der Waals surface area contributed by atoms with E-state index >= 15 is 0 Å². The molecule has 3 rings (SSSR count). The van der Waals surface area contributed by atoms with E-state index in [0.717, 1.165) is 0 Å². The first kappa shape index (κ1) is 23.8. The monoisotopic (exact) mass is 542 g/mol. The Bertz CT molecular complexity index is 938. The maximum atomic E-state index is 13.0. The fourth-order valence-corrected chi connectivity index (χ4v) is 5.09. The molecule has 0 aliphatic heterocycles. The Morgan fingerprint density at radius 2 is 0.839 bits per heavy atom.